The normalized spacial score (nSPS) is 15.2. The average molecular weight is 168 g/mol. The highest BCUT2D eigenvalue weighted by Gasteiger charge is 2.21. The van der Waals surface area contributed by atoms with Crippen LogP contribution < -0.4 is 0 Å². The summed E-state index contributed by atoms with van der Waals surface area (Å²) in [6, 6.07) is 6.66. The SMILES string of the molecule is [B]C1=CC(=O)c2ccccc2C1=O. The van der Waals surface area contributed by atoms with Gasteiger partial charge in [0.2, 0.25) is 0 Å². The van der Waals surface area contributed by atoms with Crippen molar-refractivity contribution in [2.24, 2.45) is 0 Å². The summed E-state index contributed by atoms with van der Waals surface area (Å²) in [5, 5.41) is 0. The lowest BCUT2D eigenvalue weighted by atomic mass is 9.80. The van der Waals surface area contributed by atoms with E-state index in [1.807, 2.05) is 0 Å². The molecule has 0 spiro atoms. The Bertz CT molecular complexity index is 432. The van der Waals surface area contributed by atoms with Gasteiger partial charge in [0, 0.05) is 11.1 Å². The molecule has 0 amide bonds. The van der Waals surface area contributed by atoms with Crippen molar-refractivity contribution in [3.8, 4) is 0 Å². The zero-order chi connectivity index (χ0) is 9.42. The highest BCUT2D eigenvalue weighted by molar-refractivity contribution is 6.44. The maximum Gasteiger partial charge on any atom is 0.186 e. The molecule has 0 atom stereocenters. The van der Waals surface area contributed by atoms with Crippen molar-refractivity contribution in [3.63, 3.8) is 0 Å². The van der Waals surface area contributed by atoms with E-state index >= 15 is 0 Å². The van der Waals surface area contributed by atoms with E-state index in [1.54, 1.807) is 24.3 Å². The summed E-state index contributed by atoms with van der Waals surface area (Å²) < 4.78 is 0. The summed E-state index contributed by atoms with van der Waals surface area (Å²) in [5.74, 6) is -0.470. The number of rotatable bonds is 0. The average Bonchev–Trinajstić information content (AvgIpc) is 2.15. The van der Waals surface area contributed by atoms with Crippen LogP contribution >= 0.6 is 0 Å². The van der Waals surface area contributed by atoms with E-state index < -0.39 is 0 Å². The Balaban J connectivity index is 2.69. The molecule has 2 rings (SSSR count). The molecule has 0 aliphatic heterocycles. The van der Waals surface area contributed by atoms with E-state index in [0.29, 0.717) is 11.1 Å². The molecule has 0 fully saturated rings. The van der Waals surface area contributed by atoms with Gasteiger partial charge in [-0.3, -0.25) is 9.59 Å². The number of fused-ring (bicyclic) bond motifs is 1. The summed E-state index contributed by atoms with van der Waals surface area (Å²) in [4.78, 5) is 22.7. The lowest BCUT2D eigenvalue weighted by Gasteiger charge is -2.11. The third kappa shape index (κ3) is 1.13. The summed E-state index contributed by atoms with van der Waals surface area (Å²) >= 11 is 0. The summed E-state index contributed by atoms with van der Waals surface area (Å²) in [6.07, 6.45) is 1.17. The van der Waals surface area contributed by atoms with Crippen LogP contribution in [0.4, 0.5) is 0 Å². The first-order valence-corrected chi connectivity index (χ1v) is 3.85. The van der Waals surface area contributed by atoms with Crippen molar-refractivity contribution < 1.29 is 9.59 Å². The number of carbonyl (C=O) groups excluding carboxylic acids is 2. The predicted molar refractivity (Wildman–Crippen MR) is 48.9 cm³/mol. The van der Waals surface area contributed by atoms with Crippen molar-refractivity contribution in [1.82, 2.24) is 0 Å². The van der Waals surface area contributed by atoms with Crippen LogP contribution in [0.1, 0.15) is 20.7 Å². The molecule has 1 aliphatic rings. The monoisotopic (exact) mass is 168 g/mol. The molecule has 0 aromatic heterocycles. The molecule has 1 aromatic rings. The number of benzene rings is 1. The standard InChI is InChI=1S/C10H5BO2/c11-8-5-9(12)6-3-1-2-4-7(6)10(8)13/h1-5H. The topological polar surface area (TPSA) is 34.1 Å². The largest absolute Gasteiger partial charge is 0.290 e. The Kier molecular flexibility index (Phi) is 1.66. The smallest absolute Gasteiger partial charge is 0.186 e. The maximum absolute atomic E-state index is 11.4. The molecule has 0 bridgehead atoms. The van der Waals surface area contributed by atoms with E-state index in [-0.39, 0.29) is 17.0 Å². The molecule has 2 nitrogen and oxygen atoms in total. The third-order valence-corrected chi connectivity index (χ3v) is 1.99. The van der Waals surface area contributed by atoms with Gasteiger partial charge in [-0.2, -0.15) is 0 Å². The molecule has 1 aromatic carbocycles. The molecule has 0 saturated carbocycles. The quantitative estimate of drug-likeness (QED) is 0.543. The summed E-state index contributed by atoms with van der Waals surface area (Å²) in [7, 11) is 5.37. The van der Waals surface area contributed by atoms with Crippen LogP contribution in [0.2, 0.25) is 0 Å². The zero-order valence-corrected chi connectivity index (χ0v) is 6.78. The molecule has 0 N–H and O–H groups in total. The van der Waals surface area contributed by atoms with Crippen molar-refractivity contribution in [1.29, 1.82) is 0 Å². The van der Waals surface area contributed by atoms with Gasteiger partial charge in [-0.1, -0.05) is 24.3 Å². The zero-order valence-electron chi connectivity index (χ0n) is 6.78. The number of carbonyl (C=O) groups is 2. The van der Waals surface area contributed by atoms with Crippen LogP contribution in [0.25, 0.3) is 0 Å². The van der Waals surface area contributed by atoms with E-state index in [4.69, 9.17) is 7.85 Å². The number of ketones is 2. The van der Waals surface area contributed by atoms with Crippen molar-refractivity contribution >= 4 is 19.4 Å². The molecule has 60 valence electrons. The number of hydrogen-bond acceptors (Lipinski definition) is 2. The Morgan fingerprint density at radius 2 is 1.62 bits per heavy atom. The van der Waals surface area contributed by atoms with Crippen molar-refractivity contribution in [3.05, 3.63) is 46.9 Å². The molecule has 0 unspecified atom stereocenters. The minimum atomic E-state index is -0.268. The van der Waals surface area contributed by atoms with E-state index in [1.165, 1.54) is 6.08 Å². The molecular formula is C10H5BO2. The number of Topliss-reactive ketones (excluding diaryl/α,β-unsaturated/α-hetero) is 1. The number of allylic oxidation sites excluding steroid dienone is 2. The fourth-order valence-electron chi connectivity index (χ4n) is 1.34. The molecule has 1 aliphatic carbocycles. The van der Waals surface area contributed by atoms with E-state index in [0.717, 1.165) is 0 Å². The first-order valence-electron chi connectivity index (χ1n) is 3.85. The minimum Gasteiger partial charge on any atom is -0.290 e. The Morgan fingerprint density at radius 3 is 2.31 bits per heavy atom. The molecule has 13 heavy (non-hydrogen) atoms. The maximum atomic E-state index is 11.4. The van der Waals surface area contributed by atoms with Gasteiger partial charge in [0.1, 0.15) is 7.85 Å². The lowest BCUT2D eigenvalue weighted by molar-refractivity contribution is 0.0990. The van der Waals surface area contributed by atoms with Crippen LogP contribution in [0, 0.1) is 0 Å². The minimum absolute atomic E-state index is 0.0173. The van der Waals surface area contributed by atoms with Gasteiger partial charge in [0.05, 0.1) is 0 Å². The highest BCUT2D eigenvalue weighted by Crippen LogP contribution is 2.18. The van der Waals surface area contributed by atoms with Gasteiger partial charge in [0.15, 0.2) is 11.6 Å². The van der Waals surface area contributed by atoms with Crippen LogP contribution in [-0.2, 0) is 0 Å². The van der Waals surface area contributed by atoms with Gasteiger partial charge in [-0.05, 0) is 11.5 Å². The fourth-order valence-corrected chi connectivity index (χ4v) is 1.34. The van der Waals surface area contributed by atoms with E-state index in [9.17, 15) is 9.59 Å². The predicted octanol–water partition coefficient (Wildman–Crippen LogP) is 1.12. The molecule has 0 saturated heterocycles. The summed E-state index contributed by atoms with van der Waals surface area (Å²) in [5.41, 5.74) is 0.845. The second kappa shape index (κ2) is 2.70. The van der Waals surface area contributed by atoms with Crippen LogP contribution in [-0.4, -0.2) is 19.4 Å². The second-order valence-corrected chi connectivity index (χ2v) is 2.84. The Hall–Kier alpha value is -1.64. The van der Waals surface area contributed by atoms with Gasteiger partial charge < -0.3 is 0 Å². The fraction of sp³-hybridized carbons (Fsp3) is 0. The Labute approximate surface area is 76.7 Å². The van der Waals surface area contributed by atoms with Gasteiger partial charge in [-0.25, -0.2) is 0 Å². The van der Waals surface area contributed by atoms with Gasteiger partial charge >= 0.3 is 0 Å². The van der Waals surface area contributed by atoms with Gasteiger partial charge in [-0.15, -0.1) is 0 Å². The highest BCUT2D eigenvalue weighted by atomic mass is 16.1. The molecule has 2 radical (unpaired) electrons. The molecular weight excluding hydrogens is 163 g/mol. The first kappa shape index (κ1) is 7.99. The van der Waals surface area contributed by atoms with Crippen LogP contribution in [0.3, 0.4) is 0 Å². The second-order valence-electron chi connectivity index (χ2n) is 2.84. The summed E-state index contributed by atoms with van der Waals surface area (Å²) in [6.45, 7) is 0. The Morgan fingerprint density at radius 1 is 1.00 bits per heavy atom. The third-order valence-electron chi connectivity index (χ3n) is 1.99. The lowest BCUT2D eigenvalue weighted by Crippen LogP contribution is -2.16. The van der Waals surface area contributed by atoms with Crippen LogP contribution in [0.15, 0.2) is 35.8 Å². The van der Waals surface area contributed by atoms with Crippen molar-refractivity contribution in [2.45, 2.75) is 0 Å². The van der Waals surface area contributed by atoms with Crippen molar-refractivity contribution in [2.75, 3.05) is 0 Å². The molecule has 0 heterocycles. The van der Waals surface area contributed by atoms with Gasteiger partial charge in [0.25, 0.3) is 0 Å². The number of hydrogen-bond donors (Lipinski definition) is 0. The first-order chi connectivity index (χ1) is 6.20. The molecule has 3 heteroatoms. The van der Waals surface area contributed by atoms with E-state index in [2.05, 4.69) is 0 Å². The van der Waals surface area contributed by atoms with Crippen LogP contribution in [0.5, 0.6) is 0 Å².